The lowest BCUT2D eigenvalue weighted by atomic mass is 10.2. The van der Waals surface area contributed by atoms with Gasteiger partial charge in [0.15, 0.2) is 10.0 Å². The van der Waals surface area contributed by atoms with Crippen LogP contribution in [0.15, 0.2) is 43.7 Å². The van der Waals surface area contributed by atoms with Gasteiger partial charge in [-0.1, -0.05) is 56.3 Å². The maximum Gasteiger partial charge on any atom is 0.279 e. The normalized spacial score (nSPS) is 13.8. The summed E-state index contributed by atoms with van der Waals surface area (Å²) in [7, 11) is 0. The van der Waals surface area contributed by atoms with Crippen molar-refractivity contribution < 1.29 is 9.32 Å². The van der Waals surface area contributed by atoms with E-state index in [2.05, 4.69) is 48.7 Å². The third kappa shape index (κ3) is 4.28. The maximum atomic E-state index is 12.2. The van der Waals surface area contributed by atoms with Crippen LogP contribution in [0.3, 0.4) is 0 Å². The number of nitrogens with zero attached hydrogens (tertiary/aromatic N) is 3. The second kappa shape index (κ2) is 7.27. The van der Waals surface area contributed by atoms with Crippen molar-refractivity contribution in [2.75, 3.05) is 5.32 Å². The molecule has 4 rings (SSSR count). The van der Waals surface area contributed by atoms with Crippen molar-refractivity contribution in [3.05, 3.63) is 51.8 Å². The topological polar surface area (TPSA) is 80.9 Å². The Labute approximate surface area is 160 Å². The van der Waals surface area contributed by atoms with Crippen molar-refractivity contribution >= 4 is 50.1 Å². The molecule has 3 aromatic rings. The van der Waals surface area contributed by atoms with Crippen molar-refractivity contribution in [3.63, 3.8) is 0 Å². The molecule has 25 heavy (non-hydrogen) atoms. The standard InChI is InChI=1S/C16H13BrN4O2S2/c17-11-5-1-9(2-6-11)8-24-16-20-19-15(25-16)18-14(22)12-7-13(23-21-12)10-3-4-10/h1-2,5-7,10H,3-4,8H2,(H,18,19,22). The zero-order valence-corrected chi connectivity index (χ0v) is 16.2. The van der Waals surface area contributed by atoms with Gasteiger partial charge in [-0.25, -0.2) is 0 Å². The SMILES string of the molecule is O=C(Nc1nnc(SCc2ccc(Br)cc2)s1)c1cc(C2CC2)on1. The van der Waals surface area contributed by atoms with E-state index in [-0.39, 0.29) is 11.6 Å². The third-order valence-electron chi connectivity index (χ3n) is 3.64. The van der Waals surface area contributed by atoms with Crippen molar-refractivity contribution in [2.45, 2.75) is 28.9 Å². The summed E-state index contributed by atoms with van der Waals surface area (Å²) in [5.41, 5.74) is 1.48. The molecule has 2 heterocycles. The first-order chi connectivity index (χ1) is 12.2. The average Bonchev–Trinajstić information content (AvgIpc) is 3.17. The van der Waals surface area contributed by atoms with E-state index in [0.717, 1.165) is 33.2 Å². The van der Waals surface area contributed by atoms with E-state index in [0.29, 0.717) is 11.0 Å². The quantitative estimate of drug-likeness (QED) is 0.444. The van der Waals surface area contributed by atoms with Gasteiger partial charge in [0.2, 0.25) is 5.13 Å². The molecule has 1 amide bonds. The number of hydrogen-bond donors (Lipinski definition) is 1. The Morgan fingerprint density at radius 1 is 1.32 bits per heavy atom. The lowest BCUT2D eigenvalue weighted by Crippen LogP contribution is -2.11. The number of carbonyl (C=O) groups excluding carboxylic acids is 1. The fraction of sp³-hybridized carbons (Fsp3) is 0.250. The highest BCUT2D eigenvalue weighted by molar-refractivity contribution is 9.10. The highest BCUT2D eigenvalue weighted by atomic mass is 79.9. The smallest absolute Gasteiger partial charge is 0.279 e. The second-order valence-electron chi connectivity index (χ2n) is 5.63. The number of halogens is 1. The largest absolute Gasteiger partial charge is 0.360 e. The summed E-state index contributed by atoms with van der Waals surface area (Å²) in [6.45, 7) is 0. The van der Waals surface area contributed by atoms with Crippen LogP contribution in [0.4, 0.5) is 5.13 Å². The van der Waals surface area contributed by atoms with Crippen LogP contribution in [0.25, 0.3) is 0 Å². The fourth-order valence-electron chi connectivity index (χ4n) is 2.16. The van der Waals surface area contributed by atoms with Gasteiger partial charge in [0.1, 0.15) is 5.76 Å². The summed E-state index contributed by atoms with van der Waals surface area (Å²) in [4.78, 5) is 12.2. The number of benzene rings is 1. The molecule has 0 spiro atoms. The summed E-state index contributed by atoms with van der Waals surface area (Å²) in [5.74, 6) is 1.69. The molecular formula is C16H13BrN4O2S2. The molecule has 1 aliphatic carbocycles. The Morgan fingerprint density at radius 2 is 2.12 bits per heavy atom. The van der Waals surface area contributed by atoms with E-state index in [4.69, 9.17) is 4.52 Å². The number of aromatic nitrogens is 3. The second-order valence-corrected chi connectivity index (χ2v) is 8.75. The first-order valence-electron chi connectivity index (χ1n) is 7.66. The Kier molecular flexibility index (Phi) is 4.87. The van der Waals surface area contributed by atoms with Gasteiger partial charge in [-0.3, -0.25) is 10.1 Å². The number of nitrogens with one attached hydrogen (secondary N) is 1. The summed E-state index contributed by atoms with van der Waals surface area (Å²) in [6, 6.07) is 9.84. The van der Waals surface area contributed by atoms with Gasteiger partial charge in [0.25, 0.3) is 5.91 Å². The van der Waals surface area contributed by atoms with Gasteiger partial charge in [-0.05, 0) is 30.5 Å². The number of anilines is 1. The van der Waals surface area contributed by atoms with Crippen LogP contribution in [0.5, 0.6) is 0 Å². The van der Waals surface area contributed by atoms with Crippen molar-refractivity contribution in [3.8, 4) is 0 Å². The summed E-state index contributed by atoms with van der Waals surface area (Å²) in [6.07, 6.45) is 2.21. The predicted octanol–water partition coefficient (Wildman–Crippen LogP) is 4.71. The molecule has 1 aromatic carbocycles. The molecule has 128 valence electrons. The highest BCUT2D eigenvalue weighted by Crippen LogP contribution is 2.40. The van der Waals surface area contributed by atoms with Crippen molar-refractivity contribution in [2.24, 2.45) is 0 Å². The van der Waals surface area contributed by atoms with Crippen LogP contribution in [-0.4, -0.2) is 21.3 Å². The van der Waals surface area contributed by atoms with Crippen LogP contribution in [0, 0.1) is 0 Å². The Balaban J connectivity index is 1.33. The van der Waals surface area contributed by atoms with Gasteiger partial charge in [-0.2, -0.15) is 0 Å². The van der Waals surface area contributed by atoms with Crippen LogP contribution in [0.2, 0.25) is 0 Å². The maximum absolute atomic E-state index is 12.2. The minimum atomic E-state index is -0.323. The average molecular weight is 437 g/mol. The van der Waals surface area contributed by atoms with E-state index < -0.39 is 0 Å². The van der Waals surface area contributed by atoms with Crippen molar-refractivity contribution in [1.82, 2.24) is 15.4 Å². The van der Waals surface area contributed by atoms with Gasteiger partial charge in [-0.15, -0.1) is 10.2 Å². The molecule has 1 N–H and O–H groups in total. The Morgan fingerprint density at radius 3 is 2.88 bits per heavy atom. The molecule has 0 aliphatic heterocycles. The number of hydrogen-bond acceptors (Lipinski definition) is 7. The number of thioether (sulfide) groups is 1. The van der Waals surface area contributed by atoms with Crippen LogP contribution in [0.1, 0.15) is 40.6 Å². The predicted molar refractivity (Wildman–Crippen MR) is 100 cm³/mol. The fourth-order valence-corrected chi connectivity index (χ4v) is 4.13. The lowest BCUT2D eigenvalue weighted by Gasteiger charge is -1.98. The summed E-state index contributed by atoms with van der Waals surface area (Å²) < 4.78 is 7.06. The van der Waals surface area contributed by atoms with E-state index in [9.17, 15) is 4.79 Å². The molecule has 6 nitrogen and oxygen atoms in total. The first-order valence-corrected chi connectivity index (χ1v) is 10.3. The van der Waals surface area contributed by atoms with Gasteiger partial charge < -0.3 is 4.52 Å². The molecule has 0 unspecified atom stereocenters. The minimum Gasteiger partial charge on any atom is -0.360 e. The first kappa shape index (κ1) is 16.7. The van der Waals surface area contributed by atoms with E-state index in [1.54, 1.807) is 17.8 Å². The lowest BCUT2D eigenvalue weighted by molar-refractivity contribution is 0.101. The molecule has 9 heteroatoms. The zero-order valence-electron chi connectivity index (χ0n) is 12.9. The van der Waals surface area contributed by atoms with Gasteiger partial charge in [0.05, 0.1) is 0 Å². The number of carbonyl (C=O) groups is 1. The van der Waals surface area contributed by atoms with Crippen LogP contribution < -0.4 is 5.32 Å². The molecule has 0 radical (unpaired) electrons. The molecule has 0 saturated heterocycles. The zero-order chi connectivity index (χ0) is 17.2. The van der Waals surface area contributed by atoms with Crippen LogP contribution >= 0.6 is 39.0 Å². The molecule has 1 fully saturated rings. The minimum absolute atomic E-state index is 0.279. The molecule has 0 atom stereocenters. The third-order valence-corrected chi connectivity index (χ3v) is 6.22. The molecule has 0 bridgehead atoms. The number of amides is 1. The van der Waals surface area contributed by atoms with E-state index in [1.807, 2.05) is 12.1 Å². The number of rotatable bonds is 6. The van der Waals surface area contributed by atoms with Gasteiger partial charge >= 0.3 is 0 Å². The molecule has 1 aliphatic rings. The summed E-state index contributed by atoms with van der Waals surface area (Å²) >= 11 is 6.35. The summed E-state index contributed by atoms with van der Waals surface area (Å²) in [5, 5.41) is 15.1. The molecule has 1 saturated carbocycles. The highest BCUT2D eigenvalue weighted by Gasteiger charge is 2.29. The van der Waals surface area contributed by atoms with Crippen molar-refractivity contribution in [1.29, 1.82) is 0 Å². The van der Waals surface area contributed by atoms with Gasteiger partial charge in [0, 0.05) is 22.2 Å². The monoisotopic (exact) mass is 436 g/mol. The van der Waals surface area contributed by atoms with E-state index >= 15 is 0 Å². The Hall–Kier alpha value is -1.71. The van der Waals surface area contributed by atoms with Crippen LogP contribution in [-0.2, 0) is 5.75 Å². The molecule has 2 aromatic heterocycles. The molecular weight excluding hydrogens is 424 g/mol. The Bertz CT molecular complexity index is 890. The van der Waals surface area contributed by atoms with E-state index in [1.165, 1.54) is 16.9 Å².